The molecule has 8 heteroatoms. The molecule has 0 unspecified atom stereocenters. The molecule has 0 saturated carbocycles. The van der Waals surface area contributed by atoms with E-state index in [2.05, 4.69) is 10.0 Å². The summed E-state index contributed by atoms with van der Waals surface area (Å²) in [7, 11) is 0. The van der Waals surface area contributed by atoms with Crippen LogP contribution in [0.2, 0.25) is 0 Å². The van der Waals surface area contributed by atoms with E-state index in [1.54, 1.807) is 11.0 Å². The maximum atomic E-state index is 12.8. The van der Waals surface area contributed by atoms with Crippen LogP contribution in [0, 0.1) is 0 Å². The minimum absolute atomic E-state index is 0.0389. The first-order valence-electron chi connectivity index (χ1n) is 10.4. The summed E-state index contributed by atoms with van der Waals surface area (Å²) in [5, 5.41) is 12.4. The zero-order valence-corrected chi connectivity index (χ0v) is 16.9. The molecule has 2 rings (SSSR count). The first-order chi connectivity index (χ1) is 14.1. The monoisotopic (exact) mass is 402 g/mol. The lowest BCUT2D eigenvalue weighted by molar-refractivity contribution is -0.137. The number of azide groups is 1. The Kier molecular flexibility index (Phi) is 9.86. The normalized spacial score (nSPS) is 13.4. The lowest BCUT2D eigenvalue weighted by atomic mass is 10.0. The summed E-state index contributed by atoms with van der Waals surface area (Å²) in [5.74, 6) is -0.313. The predicted octanol–water partition coefficient (Wildman–Crippen LogP) is 4.58. The van der Waals surface area contributed by atoms with E-state index in [0.717, 1.165) is 56.9 Å². The molecule has 1 aromatic rings. The molecule has 1 aromatic carbocycles. The fourth-order valence-electron chi connectivity index (χ4n) is 3.47. The third kappa shape index (κ3) is 8.03. The fraction of sp³-hybridized carbons (Fsp3) is 0.619. The van der Waals surface area contributed by atoms with Crippen LogP contribution in [0.25, 0.3) is 10.4 Å². The van der Waals surface area contributed by atoms with Crippen molar-refractivity contribution in [3.63, 3.8) is 0 Å². The molecule has 1 heterocycles. The average molecular weight is 402 g/mol. The molecule has 0 atom stereocenters. The maximum Gasteiger partial charge on any atom is 0.305 e. The number of aryl methyl sites for hydroxylation is 1. The van der Waals surface area contributed by atoms with E-state index in [1.165, 1.54) is 0 Å². The van der Waals surface area contributed by atoms with Crippen LogP contribution in [0.5, 0.6) is 5.75 Å². The highest BCUT2D eigenvalue weighted by atomic mass is 16.5. The van der Waals surface area contributed by atoms with Gasteiger partial charge in [-0.15, -0.1) is 0 Å². The molecule has 1 aliphatic heterocycles. The number of amides is 1. The number of carbonyl (C=O) groups is 2. The number of aliphatic carboxylic acids is 1. The van der Waals surface area contributed by atoms with Gasteiger partial charge in [-0.3, -0.25) is 9.59 Å². The minimum Gasteiger partial charge on any atom is -0.494 e. The molecule has 1 N–H and O–H groups in total. The van der Waals surface area contributed by atoms with E-state index in [0.29, 0.717) is 31.0 Å². The zero-order valence-electron chi connectivity index (χ0n) is 16.9. The van der Waals surface area contributed by atoms with Crippen LogP contribution in [-0.4, -0.2) is 48.1 Å². The molecule has 0 bridgehead atoms. The molecule has 1 aliphatic rings. The maximum absolute atomic E-state index is 12.8. The van der Waals surface area contributed by atoms with Gasteiger partial charge in [-0.1, -0.05) is 36.9 Å². The van der Waals surface area contributed by atoms with Gasteiger partial charge in [0.15, 0.2) is 0 Å². The van der Waals surface area contributed by atoms with E-state index in [4.69, 9.17) is 15.4 Å². The Hall–Kier alpha value is -2.73. The van der Waals surface area contributed by atoms with Crippen molar-refractivity contribution < 1.29 is 19.4 Å². The molecule has 8 nitrogen and oxygen atoms in total. The van der Waals surface area contributed by atoms with E-state index in [1.807, 2.05) is 12.1 Å². The summed E-state index contributed by atoms with van der Waals surface area (Å²) in [6.07, 6.45) is 7.90. The van der Waals surface area contributed by atoms with Crippen LogP contribution in [-0.2, 0) is 11.2 Å². The van der Waals surface area contributed by atoms with Crippen molar-refractivity contribution in [1.82, 2.24) is 4.90 Å². The Morgan fingerprint density at radius 2 is 1.97 bits per heavy atom. The van der Waals surface area contributed by atoms with Crippen molar-refractivity contribution in [2.24, 2.45) is 5.11 Å². The van der Waals surface area contributed by atoms with Crippen molar-refractivity contribution in [1.29, 1.82) is 0 Å². The molecule has 158 valence electrons. The summed E-state index contributed by atoms with van der Waals surface area (Å²) < 4.78 is 5.83. The van der Waals surface area contributed by atoms with Gasteiger partial charge >= 0.3 is 5.97 Å². The second-order valence-electron chi connectivity index (χ2n) is 7.28. The van der Waals surface area contributed by atoms with Gasteiger partial charge in [0, 0.05) is 30.1 Å². The van der Waals surface area contributed by atoms with Gasteiger partial charge in [-0.05, 0) is 48.9 Å². The third-order valence-corrected chi connectivity index (χ3v) is 5.05. The van der Waals surface area contributed by atoms with Crippen molar-refractivity contribution in [3.05, 3.63) is 39.8 Å². The molecule has 0 fully saturated rings. The Balaban J connectivity index is 1.76. The van der Waals surface area contributed by atoms with Crippen LogP contribution in [0.15, 0.2) is 23.3 Å². The molecular formula is C21H30N4O4. The Bertz CT molecular complexity index is 731. The summed E-state index contributed by atoms with van der Waals surface area (Å²) in [5.41, 5.74) is 9.84. The summed E-state index contributed by atoms with van der Waals surface area (Å²) in [4.78, 5) is 28.0. The molecule has 1 amide bonds. The first kappa shape index (κ1) is 22.6. The summed E-state index contributed by atoms with van der Waals surface area (Å²) >= 11 is 0. The zero-order chi connectivity index (χ0) is 20.9. The highest BCUT2D eigenvalue weighted by Gasteiger charge is 2.23. The summed E-state index contributed by atoms with van der Waals surface area (Å²) in [6, 6.07) is 5.66. The molecule has 0 spiro atoms. The number of nitrogens with zero attached hydrogens (tertiary/aromatic N) is 4. The second-order valence-corrected chi connectivity index (χ2v) is 7.28. The number of rotatable bonds is 13. The summed E-state index contributed by atoms with van der Waals surface area (Å²) in [6.45, 7) is 2.00. The topological polar surface area (TPSA) is 116 Å². The molecule has 0 aliphatic carbocycles. The van der Waals surface area contributed by atoms with Gasteiger partial charge in [-0.2, -0.15) is 0 Å². The largest absolute Gasteiger partial charge is 0.494 e. The minimum atomic E-state index is -0.893. The van der Waals surface area contributed by atoms with E-state index < -0.39 is 5.97 Å². The molecule has 29 heavy (non-hydrogen) atoms. The number of carboxylic acids is 1. The smallest absolute Gasteiger partial charge is 0.305 e. The molecular weight excluding hydrogens is 372 g/mol. The third-order valence-electron chi connectivity index (χ3n) is 5.05. The Labute approximate surface area is 171 Å². The number of fused-ring (bicyclic) bond motifs is 1. The van der Waals surface area contributed by atoms with Crippen molar-refractivity contribution in [3.8, 4) is 5.75 Å². The molecule has 0 radical (unpaired) electrons. The highest BCUT2D eigenvalue weighted by Crippen LogP contribution is 2.24. The van der Waals surface area contributed by atoms with Crippen LogP contribution in [0.1, 0.15) is 67.3 Å². The lowest BCUT2D eigenvalue weighted by Crippen LogP contribution is -2.33. The van der Waals surface area contributed by atoms with Gasteiger partial charge in [-0.25, -0.2) is 0 Å². The molecule has 0 saturated heterocycles. The van der Waals surface area contributed by atoms with Gasteiger partial charge in [0.25, 0.3) is 5.91 Å². The number of hydrogen-bond donors (Lipinski definition) is 1. The number of benzene rings is 1. The van der Waals surface area contributed by atoms with Crippen LogP contribution in [0.4, 0.5) is 0 Å². The Morgan fingerprint density at radius 1 is 1.21 bits per heavy atom. The van der Waals surface area contributed by atoms with Gasteiger partial charge in [0.05, 0.1) is 13.0 Å². The van der Waals surface area contributed by atoms with Gasteiger partial charge in [0.1, 0.15) is 5.75 Å². The number of hydrogen-bond acceptors (Lipinski definition) is 4. The van der Waals surface area contributed by atoms with Crippen LogP contribution >= 0.6 is 0 Å². The fourth-order valence-corrected chi connectivity index (χ4v) is 3.47. The SMILES string of the molecule is [N-]=[N+]=NCCCCCCCCOc1ccc2c(c1)C(=O)N(CCC(=O)O)CCC2. The highest BCUT2D eigenvalue weighted by molar-refractivity contribution is 5.96. The van der Waals surface area contributed by atoms with Crippen molar-refractivity contribution in [2.45, 2.75) is 57.8 Å². The van der Waals surface area contributed by atoms with Crippen molar-refractivity contribution >= 4 is 11.9 Å². The lowest BCUT2D eigenvalue weighted by Gasteiger charge is -2.20. The van der Waals surface area contributed by atoms with Crippen LogP contribution in [0.3, 0.4) is 0 Å². The van der Waals surface area contributed by atoms with Crippen LogP contribution < -0.4 is 4.74 Å². The number of carbonyl (C=O) groups excluding carboxylic acids is 1. The second kappa shape index (κ2) is 12.7. The van der Waals surface area contributed by atoms with E-state index >= 15 is 0 Å². The first-order valence-corrected chi connectivity index (χ1v) is 10.4. The van der Waals surface area contributed by atoms with Crippen molar-refractivity contribution in [2.75, 3.05) is 26.2 Å². The quantitative estimate of drug-likeness (QED) is 0.225. The van der Waals surface area contributed by atoms with E-state index in [-0.39, 0.29) is 18.9 Å². The Morgan fingerprint density at radius 3 is 2.72 bits per heavy atom. The van der Waals surface area contributed by atoms with Gasteiger partial charge in [0.2, 0.25) is 0 Å². The van der Waals surface area contributed by atoms with Gasteiger partial charge < -0.3 is 14.7 Å². The number of carboxylic acid groups (broad SMARTS) is 1. The number of unbranched alkanes of at least 4 members (excludes halogenated alkanes) is 5. The molecule has 0 aromatic heterocycles. The number of ether oxygens (including phenoxy) is 1. The van der Waals surface area contributed by atoms with E-state index in [9.17, 15) is 9.59 Å². The average Bonchev–Trinajstić information content (AvgIpc) is 2.86. The standard InChI is InChI=1S/C21H30N4O4/c22-24-23-12-5-3-1-2-4-6-15-29-18-10-9-17-8-7-13-25(14-11-20(26)27)21(28)19(17)16-18/h9-10,16H,1-8,11-15H2,(H,26,27). The predicted molar refractivity (Wildman–Crippen MR) is 110 cm³/mol.